The summed E-state index contributed by atoms with van der Waals surface area (Å²) in [6.45, 7) is 3.79. The lowest BCUT2D eigenvalue weighted by Gasteiger charge is -2.43. The van der Waals surface area contributed by atoms with Crippen LogP contribution in [-0.4, -0.2) is 52.7 Å². The molecule has 1 heterocycles. The molecule has 8 atom stereocenters. The number of rotatable bonds is 7. The summed E-state index contributed by atoms with van der Waals surface area (Å²) in [4.78, 5) is 24.6. The van der Waals surface area contributed by atoms with Crippen LogP contribution in [0.5, 0.6) is 5.75 Å². The Morgan fingerprint density at radius 3 is 2.68 bits per heavy atom. The summed E-state index contributed by atoms with van der Waals surface area (Å²) in [6, 6.07) is 9.12. The van der Waals surface area contributed by atoms with Crippen LogP contribution in [0.1, 0.15) is 46.0 Å². The topological polar surface area (TPSA) is 102 Å². The van der Waals surface area contributed by atoms with Crippen LogP contribution in [0.3, 0.4) is 0 Å². The smallest absolute Gasteiger partial charge is 0.347 e. The van der Waals surface area contributed by atoms with Crippen molar-refractivity contribution in [1.29, 1.82) is 0 Å². The Balaban J connectivity index is 1.45. The molecule has 4 rings (SSSR count). The molecular weight excluding hydrogens is 436 g/mol. The Labute approximate surface area is 200 Å². The van der Waals surface area contributed by atoms with Crippen molar-refractivity contribution in [2.24, 2.45) is 17.8 Å². The van der Waals surface area contributed by atoms with E-state index < -0.39 is 30.4 Å². The predicted octanol–water partition coefficient (Wildman–Crippen LogP) is 3.34. The average Bonchev–Trinajstić information content (AvgIpc) is 2.78. The van der Waals surface area contributed by atoms with E-state index in [9.17, 15) is 19.8 Å². The number of benzene rings is 1. The fraction of sp³-hybridized carbons (Fsp3) is 0.556. The normalized spacial score (nSPS) is 33.8. The summed E-state index contributed by atoms with van der Waals surface area (Å²) < 4.78 is 17.1. The van der Waals surface area contributed by atoms with Crippen LogP contribution in [0.4, 0.5) is 0 Å². The van der Waals surface area contributed by atoms with Crippen molar-refractivity contribution in [2.45, 2.75) is 76.5 Å². The van der Waals surface area contributed by atoms with Crippen molar-refractivity contribution in [1.82, 2.24) is 0 Å². The maximum Gasteiger partial charge on any atom is 0.347 e. The first kappa shape index (κ1) is 24.5. The maximum atomic E-state index is 12.9. The van der Waals surface area contributed by atoms with Gasteiger partial charge in [0.2, 0.25) is 0 Å². The first-order valence-corrected chi connectivity index (χ1v) is 12.2. The molecule has 7 heteroatoms. The highest BCUT2D eigenvalue weighted by atomic mass is 16.6. The Bertz CT molecular complexity index is 924. The number of aliphatic hydroxyl groups is 2. The molecule has 1 saturated heterocycles. The molecule has 7 nitrogen and oxygen atoms in total. The molecule has 0 amide bonds. The van der Waals surface area contributed by atoms with Crippen LogP contribution >= 0.6 is 0 Å². The predicted molar refractivity (Wildman–Crippen MR) is 125 cm³/mol. The van der Waals surface area contributed by atoms with Gasteiger partial charge in [0.25, 0.3) is 0 Å². The SMILES string of the molecule is CC(Oc1ccccc1)C(=O)O[C@H]1C[C@H](O)C=C2C=C[C@H](C)[C@H](CC[C@@H]3C[C@@H](O)CC(=O)O3)[C@H]21. The monoisotopic (exact) mass is 470 g/mol. The second kappa shape index (κ2) is 10.7. The highest BCUT2D eigenvalue weighted by Gasteiger charge is 2.43. The summed E-state index contributed by atoms with van der Waals surface area (Å²) in [5.41, 5.74) is 0.969. The number of carbonyl (C=O) groups excluding carboxylic acids is 2. The first-order chi connectivity index (χ1) is 16.3. The molecule has 2 N–H and O–H groups in total. The first-order valence-electron chi connectivity index (χ1n) is 12.2. The molecule has 3 aliphatic rings. The lowest BCUT2D eigenvalue weighted by atomic mass is 9.66. The van der Waals surface area contributed by atoms with Gasteiger partial charge in [0.1, 0.15) is 18.0 Å². The zero-order valence-electron chi connectivity index (χ0n) is 19.7. The van der Waals surface area contributed by atoms with Crippen LogP contribution in [0.15, 0.2) is 54.1 Å². The number of para-hydroxylation sites is 1. The number of ether oxygens (including phenoxy) is 3. The summed E-state index contributed by atoms with van der Waals surface area (Å²) >= 11 is 0. The number of allylic oxidation sites excluding steroid dienone is 2. The second-order valence-electron chi connectivity index (χ2n) is 9.71. The van der Waals surface area contributed by atoms with E-state index in [0.29, 0.717) is 25.0 Å². The largest absolute Gasteiger partial charge is 0.479 e. The lowest BCUT2D eigenvalue weighted by molar-refractivity contribution is -0.164. The number of fused-ring (bicyclic) bond motifs is 1. The van der Waals surface area contributed by atoms with Crippen molar-refractivity contribution < 1.29 is 34.0 Å². The molecule has 0 saturated carbocycles. The number of esters is 2. The molecular formula is C27H34O7. The molecule has 0 aromatic heterocycles. The number of carbonyl (C=O) groups is 2. The maximum absolute atomic E-state index is 12.9. The fourth-order valence-electron chi connectivity index (χ4n) is 5.40. The summed E-state index contributed by atoms with van der Waals surface area (Å²) in [6.07, 6.45) is 5.25. The highest BCUT2D eigenvalue weighted by molar-refractivity contribution is 5.75. The summed E-state index contributed by atoms with van der Waals surface area (Å²) in [5.74, 6) is 0.0620. The summed E-state index contributed by atoms with van der Waals surface area (Å²) in [7, 11) is 0. The molecule has 1 aromatic carbocycles. The molecule has 0 radical (unpaired) electrons. The van der Waals surface area contributed by atoms with Crippen LogP contribution in [0.2, 0.25) is 0 Å². The molecule has 0 bridgehead atoms. The van der Waals surface area contributed by atoms with Gasteiger partial charge in [0.15, 0.2) is 6.10 Å². The van der Waals surface area contributed by atoms with Gasteiger partial charge in [-0.2, -0.15) is 0 Å². The van der Waals surface area contributed by atoms with E-state index >= 15 is 0 Å². The fourth-order valence-corrected chi connectivity index (χ4v) is 5.40. The zero-order valence-corrected chi connectivity index (χ0v) is 19.7. The van der Waals surface area contributed by atoms with E-state index in [-0.39, 0.29) is 36.2 Å². The number of cyclic esters (lactones) is 1. The van der Waals surface area contributed by atoms with Gasteiger partial charge in [-0.05, 0) is 49.3 Å². The Kier molecular flexibility index (Phi) is 7.73. The molecule has 184 valence electrons. The van der Waals surface area contributed by atoms with Gasteiger partial charge >= 0.3 is 11.9 Å². The van der Waals surface area contributed by atoms with E-state index in [2.05, 4.69) is 13.0 Å². The van der Waals surface area contributed by atoms with Crippen molar-refractivity contribution in [3.8, 4) is 5.75 Å². The number of aliphatic hydroxyl groups excluding tert-OH is 2. The van der Waals surface area contributed by atoms with Crippen molar-refractivity contribution >= 4 is 11.9 Å². The van der Waals surface area contributed by atoms with Gasteiger partial charge in [0, 0.05) is 18.8 Å². The quantitative estimate of drug-likeness (QED) is 0.589. The van der Waals surface area contributed by atoms with Gasteiger partial charge in [0.05, 0.1) is 18.6 Å². The average molecular weight is 471 g/mol. The standard InChI is InChI=1S/C27H34O7/c1-16-8-9-18-12-19(28)14-24(34-27(31)17(2)32-21-6-4-3-5-7-21)26(18)23(16)11-10-22-13-20(29)15-25(30)33-22/h3-9,12,16-17,19-20,22-24,26,28-29H,10-11,13-15H2,1-2H3/t16-,17?,19+,20+,22+,23-,24-,26-/m0/s1. The summed E-state index contributed by atoms with van der Waals surface area (Å²) in [5, 5.41) is 20.4. The van der Waals surface area contributed by atoms with Crippen LogP contribution in [0, 0.1) is 17.8 Å². The molecule has 1 fully saturated rings. The number of hydrogen-bond donors (Lipinski definition) is 2. The number of hydrogen-bond acceptors (Lipinski definition) is 7. The third kappa shape index (κ3) is 5.88. The van der Waals surface area contributed by atoms with Gasteiger partial charge in [-0.25, -0.2) is 4.79 Å². The van der Waals surface area contributed by atoms with Gasteiger partial charge in [-0.1, -0.05) is 43.4 Å². The minimum Gasteiger partial charge on any atom is -0.479 e. The molecule has 0 spiro atoms. The van der Waals surface area contributed by atoms with Crippen molar-refractivity contribution in [2.75, 3.05) is 0 Å². The van der Waals surface area contributed by atoms with Crippen molar-refractivity contribution in [3.05, 3.63) is 54.1 Å². The Morgan fingerprint density at radius 1 is 1.18 bits per heavy atom. The van der Waals surface area contributed by atoms with E-state index in [4.69, 9.17) is 14.2 Å². The third-order valence-corrected chi connectivity index (χ3v) is 7.09. The molecule has 34 heavy (non-hydrogen) atoms. The van der Waals surface area contributed by atoms with Gasteiger partial charge in [-0.3, -0.25) is 4.79 Å². The minimum absolute atomic E-state index is 0.0493. The van der Waals surface area contributed by atoms with Gasteiger partial charge in [-0.15, -0.1) is 0 Å². The molecule has 1 unspecified atom stereocenters. The third-order valence-electron chi connectivity index (χ3n) is 7.09. The van der Waals surface area contributed by atoms with Crippen molar-refractivity contribution in [3.63, 3.8) is 0 Å². The van der Waals surface area contributed by atoms with Crippen LogP contribution < -0.4 is 4.74 Å². The van der Waals surface area contributed by atoms with Crippen LogP contribution in [-0.2, 0) is 19.1 Å². The zero-order chi connectivity index (χ0) is 24.2. The Morgan fingerprint density at radius 2 is 1.94 bits per heavy atom. The Hall–Kier alpha value is -2.64. The molecule has 1 aliphatic heterocycles. The van der Waals surface area contributed by atoms with E-state index in [0.717, 1.165) is 12.0 Å². The molecule has 1 aromatic rings. The molecule has 2 aliphatic carbocycles. The second-order valence-corrected chi connectivity index (χ2v) is 9.71. The van der Waals surface area contributed by atoms with E-state index in [1.165, 1.54) is 0 Å². The minimum atomic E-state index is -0.785. The van der Waals surface area contributed by atoms with Crippen LogP contribution in [0.25, 0.3) is 0 Å². The lowest BCUT2D eigenvalue weighted by Crippen LogP contribution is -2.44. The van der Waals surface area contributed by atoms with E-state index in [1.807, 2.05) is 30.4 Å². The highest BCUT2D eigenvalue weighted by Crippen LogP contribution is 2.44. The van der Waals surface area contributed by atoms with Gasteiger partial charge < -0.3 is 24.4 Å². The van der Waals surface area contributed by atoms with E-state index in [1.54, 1.807) is 19.1 Å².